The number of rotatable bonds is 38. The lowest BCUT2D eigenvalue weighted by Gasteiger charge is -2.39. The van der Waals surface area contributed by atoms with Crippen LogP contribution in [0, 0.1) is 0 Å². The normalized spacial score (nSPS) is 20.6. The number of hydrogen-bond acceptors (Lipinski definition) is 10. The number of hydrogen-bond donors (Lipinski definition) is 4. The Balaban J connectivity index is 2.31. The predicted molar refractivity (Wildman–Crippen MR) is 215 cm³/mol. The second-order valence-corrected chi connectivity index (χ2v) is 15.9. The molecule has 0 bridgehead atoms. The van der Waals surface area contributed by atoms with Crippen LogP contribution in [0.4, 0.5) is 0 Å². The minimum absolute atomic E-state index is 0.209. The molecule has 320 valence electrons. The molecule has 10 nitrogen and oxygen atoms in total. The summed E-state index contributed by atoms with van der Waals surface area (Å²) >= 11 is 0. The van der Waals surface area contributed by atoms with Gasteiger partial charge < -0.3 is 39.4 Å². The monoisotopic (exact) mass is 773 g/mol. The van der Waals surface area contributed by atoms with Crippen molar-refractivity contribution >= 4 is 11.9 Å². The first-order chi connectivity index (χ1) is 26.3. The van der Waals surface area contributed by atoms with Crippen molar-refractivity contribution in [3.05, 3.63) is 0 Å². The van der Waals surface area contributed by atoms with Crippen LogP contribution in [0.25, 0.3) is 0 Å². The smallest absolute Gasteiger partial charge is 0.306 e. The number of aliphatic hydroxyl groups is 4. The second-order valence-electron chi connectivity index (χ2n) is 15.9. The standard InChI is InChI=1S/C44H84O10/c1-3-5-7-9-11-13-15-17-19-21-23-25-27-29-31-33-40(47)53-37(36-52-44-43(50)42(49)41(48)38(34-45)54-44)35-51-39(46)32-30-28-26-24-22-20-18-16-14-12-10-8-6-4-2/h37-38,41-45,48-50H,3-36H2,1-2H3/t37-,38-,41+,42?,43?,44-/m1/s1. The van der Waals surface area contributed by atoms with Crippen molar-refractivity contribution in [2.75, 3.05) is 19.8 Å². The molecule has 0 spiro atoms. The molecule has 0 aromatic heterocycles. The summed E-state index contributed by atoms with van der Waals surface area (Å²) in [5.74, 6) is -0.791. The Kier molecular flexibility index (Phi) is 33.9. The molecule has 1 fully saturated rings. The molecule has 0 aliphatic carbocycles. The molecule has 0 amide bonds. The fraction of sp³-hybridized carbons (Fsp3) is 0.955. The Hall–Kier alpha value is -1.30. The molecule has 0 saturated carbocycles. The lowest BCUT2D eigenvalue weighted by Crippen LogP contribution is -2.59. The van der Waals surface area contributed by atoms with Crippen molar-refractivity contribution in [1.29, 1.82) is 0 Å². The van der Waals surface area contributed by atoms with Crippen molar-refractivity contribution < 1.29 is 49.0 Å². The Morgan fingerprint density at radius 1 is 0.500 bits per heavy atom. The Morgan fingerprint density at radius 2 is 0.870 bits per heavy atom. The molecule has 1 saturated heterocycles. The zero-order valence-electron chi connectivity index (χ0n) is 34.7. The van der Waals surface area contributed by atoms with E-state index in [2.05, 4.69) is 13.8 Å². The van der Waals surface area contributed by atoms with E-state index in [1.165, 1.54) is 141 Å². The number of aliphatic hydroxyl groups excluding tert-OH is 4. The van der Waals surface area contributed by atoms with E-state index in [9.17, 15) is 30.0 Å². The highest BCUT2D eigenvalue weighted by molar-refractivity contribution is 5.70. The molecular weight excluding hydrogens is 688 g/mol. The first-order valence-electron chi connectivity index (χ1n) is 22.6. The van der Waals surface area contributed by atoms with Gasteiger partial charge in [0.05, 0.1) is 13.2 Å². The molecule has 0 radical (unpaired) electrons. The largest absolute Gasteiger partial charge is 0.462 e. The lowest BCUT2D eigenvalue weighted by molar-refractivity contribution is -0.305. The van der Waals surface area contributed by atoms with Gasteiger partial charge >= 0.3 is 11.9 Å². The van der Waals surface area contributed by atoms with Gasteiger partial charge in [0, 0.05) is 12.8 Å². The van der Waals surface area contributed by atoms with Crippen LogP contribution in [-0.4, -0.2) is 89.0 Å². The SMILES string of the molecule is CCCCCCCCCCCCCCCCCC(=O)O[C@H](COC(=O)CCCCCCCCCCCCCCCC)CO[C@@H]1O[C@H](CO)[C@H](O)C(O)C1O. The van der Waals surface area contributed by atoms with Gasteiger partial charge in [-0.2, -0.15) is 0 Å². The van der Waals surface area contributed by atoms with Crippen LogP contribution in [-0.2, 0) is 28.5 Å². The van der Waals surface area contributed by atoms with E-state index in [1.54, 1.807) is 0 Å². The molecule has 0 aromatic carbocycles. The first-order valence-corrected chi connectivity index (χ1v) is 22.6. The van der Waals surface area contributed by atoms with Crippen molar-refractivity contribution in [3.63, 3.8) is 0 Å². The maximum atomic E-state index is 12.8. The number of carbonyl (C=O) groups is 2. The van der Waals surface area contributed by atoms with Gasteiger partial charge in [-0.25, -0.2) is 0 Å². The summed E-state index contributed by atoms with van der Waals surface area (Å²) < 4.78 is 22.2. The Morgan fingerprint density at radius 3 is 1.26 bits per heavy atom. The molecule has 4 N–H and O–H groups in total. The van der Waals surface area contributed by atoms with E-state index in [1.807, 2.05) is 0 Å². The zero-order valence-corrected chi connectivity index (χ0v) is 34.7. The second kappa shape index (κ2) is 36.1. The van der Waals surface area contributed by atoms with Crippen LogP contribution in [0.5, 0.6) is 0 Å². The average Bonchev–Trinajstić information content (AvgIpc) is 3.17. The highest BCUT2D eigenvalue weighted by Crippen LogP contribution is 2.23. The quantitative estimate of drug-likeness (QED) is 0.0353. The van der Waals surface area contributed by atoms with E-state index in [4.69, 9.17) is 18.9 Å². The first kappa shape index (κ1) is 50.7. The Bertz CT molecular complexity index is 855. The molecule has 10 heteroatoms. The van der Waals surface area contributed by atoms with E-state index in [0.717, 1.165) is 38.5 Å². The van der Waals surface area contributed by atoms with Crippen molar-refractivity contribution in [1.82, 2.24) is 0 Å². The summed E-state index contributed by atoms with van der Waals surface area (Å²) in [6.45, 7) is 3.45. The molecular formula is C44H84O10. The van der Waals surface area contributed by atoms with Gasteiger partial charge in [0.15, 0.2) is 12.4 Å². The number of ether oxygens (including phenoxy) is 4. The van der Waals surface area contributed by atoms with Crippen molar-refractivity contribution in [2.45, 2.75) is 250 Å². The lowest BCUT2D eigenvalue weighted by atomic mass is 9.99. The van der Waals surface area contributed by atoms with Gasteiger partial charge in [-0.15, -0.1) is 0 Å². The minimum Gasteiger partial charge on any atom is -0.462 e. The minimum atomic E-state index is -1.59. The Labute approximate surface area is 329 Å². The van der Waals surface area contributed by atoms with Gasteiger partial charge in [0.25, 0.3) is 0 Å². The third-order valence-corrected chi connectivity index (χ3v) is 10.7. The summed E-state index contributed by atoms with van der Waals surface area (Å²) in [7, 11) is 0. The van der Waals surface area contributed by atoms with Gasteiger partial charge in [-0.05, 0) is 12.8 Å². The molecule has 54 heavy (non-hydrogen) atoms. The summed E-state index contributed by atoms with van der Waals surface area (Å²) in [5, 5.41) is 40.0. The van der Waals surface area contributed by atoms with Crippen LogP contribution in [0.2, 0.25) is 0 Å². The third kappa shape index (κ3) is 27.3. The molecule has 1 aliphatic heterocycles. The highest BCUT2D eigenvalue weighted by Gasteiger charge is 2.44. The van der Waals surface area contributed by atoms with Gasteiger partial charge in [0.2, 0.25) is 0 Å². The molecule has 1 rings (SSSR count). The summed E-state index contributed by atoms with van der Waals surface area (Å²) in [6.07, 6.45) is 28.2. The topological polar surface area (TPSA) is 152 Å². The third-order valence-electron chi connectivity index (χ3n) is 10.7. The van der Waals surface area contributed by atoms with Crippen LogP contribution in [0.15, 0.2) is 0 Å². The maximum Gasteiger partial charge on any atom is 0.306 e. The van der Waals surface area contributed by atoms with Crippen LogP contribution < -0.4 is 0 Å². The molecule has 1 heterocycles. The number of esters is 2. The highest BCUT2D eigenvalue weighted by atomic mass is 16.7. The van der Waals surface area contributed by atoms with E-state index in [0.29, 0.717) is 6.42 Å². The summed E-state index contributed by atoms with van der Waals surface area (Å²) in [5.41, 5.74) is 0. The molecule has 6 atom stereocenters. The van der Waals surface area contributed by atoms with E-state index in [-0.39, 0.29) is 32.0 Å². The fourth-order valence-corrected chi connectivity index (χ4v) is 7.13. The van der Waals surface area contributed by atoms with Crippen molar-refractivity contribution in [3.8, 4) is 0 Å². The average molecular weight is 773 g/mol. The predicted octanol–water partition coefficient (Wildman–Crippen LogP) is 9.39. The van der Waals surface area contributed by atoms with Gasteiger partial charge in [0.1, 0.15) is 31.0 Å². The summed E-state index contributed by atoms with van der Waals surface area (Å²) in [6, 6.07) is 0. The van der Waals surface area contributed by atoms with Crippen LogP contribution in [0.3, 0.4) is 0 Å². The number of carbonyl (C=O) groups excluding carboxylic acids is 2. The van der Waals surface area contributed by atoms with Crippen molar-refractivity contribution in [2.24, 2.45) is 0 Å². The maximum absolute atomic E-state index is 12.8. The molecule has 1 aliphatic rings. The van der Waals surface area contributed by atoms with Crippen LogP contribution >= 0.6 is 0 Å². The van der Waals surface area contributed by atoms with Gasteiger partial charge in [-0.1, -0.05) is 187 Å². The van der Waals surface area contributed by atoms with Crippen LogP contribution in [0.1, 0.15) is 213 Å². The zero-order chi connectivity index (χ0) is 39.5. The fourth-order valence-electron chi connectivity index (χ4n) is 7.13. The van der Waals surface area contributed by atoms with E-state index < -0.39 is 49.4 Å². The van der Waals surface area contributed by atoms with E-state index >= 15 is 0 Å². The van der Waals surface area contributed by atoms with Gasteiger partial charge in [-0.3, -0.25) is 9.59 Å². The summed E-state index contributed by atoms with van der Waals surface area (Å²) in [4.78, 5) is 25.3. The molecule has 0 aromatic rings. The number of unbranched alkanes of at least 4 members (excludes halogenated alkanes) is 27. The molecule has 2 unspecified atom stereocenters.